The molecule has 0 aliphatic carbocycles. The molecular weight excluding hydrogens is 300 g/mol. The van der Waals surface area contributed by atoms with Crippen molar-refractivity contribution in [2.24, 2.45) is 5.92 Å². The second-order valence-electron chi connectivity index (χ2n) is 7.19. The summed E-state index contributed by atoms with van der Waals surface area (Å²) in [5.41, 5.74) is 1.03. The third kappa shape index (κ3) is 6.25. The lowest BCUT2D eigenvalue weighted by molar-refractivity contribution is -0.150. The quantitative estimate of drug-likeness (QED) is 0.742. The minimum atomic E-state index is -0.111. The van der Waals surface area contributed by atoms with Gasteiger partial charge in [0.1, 0.15) is 6.61 Å². The Morgan fingerprint density at radius 3 is 2.62 bits per heavy atom. The maximum atomic E-state index is 12.3. The van der Waals surface area contributed by atoms with Gasteiger partial charge in [0.25, 0.3) is 0 Å². The zero-order valence-corrected chi connectivity index (χ0v) is 15.3. The molecule has 1 heterocycles. The van der Waals surface area contributed by atoms with Crippen LogP contribution in [0.1, 0.15) is 45.6 Å². The van der Waals surface area contributed by atoms with E-state index in [1.54, 1.807) is 0 Å². The molecule has 2 atom stereocenters. The Labute approximate surface area is 146 Å². The summed E-state index contributed by atoms with van der Waals surface area (Å²) in [5, 5.41) is 3.60. The van der Waals surface area contributed by atoms with Crippen LogP contribution in [-0.2, 0) is 16.1 Å². The summed E-state index contributed by atoms with van der Waals surface area (Å²) < 4.78 is 5.48. The van der Waals surface area contributed by atoms with Crippen LogP contribution in [0.2, 0.25) is 0 Å². The molecule has 2 rings (SSSR count). The molecule has 4 nitrogen and oxygen atoms in total. The molecule has 0 saturated carbocycles. The fraction of sp³-hybridized carbons (Fsp3) is 0.650. The van der Waals surface area contributed by atoms with Crippen molar-refractivity contribution in [1.29, 1.82) is 0 Å². The predicted molar refractivity (Wildman–Crippen MR) is 97.8 cm³/mol. The molecule has 0 spiro atoms. The highest BCUT2D eigenvalue weighted by molar-refractivity contribution is 5.72. The number of nitrogens with zero attached hydrogens (tertiary/aromatic N) is 1. The first-order chi connectivity index (χ1) is 11.6. The zero-order chi connectivity index (χ0) is 17.4. The average Bonchev–Trinajstić information content (AvgIpc) is 2.60. The van der Waals surface area contributed by atoms with Gasteiger partial charge in [-0.1, -0.05) is 43.7 Å². The Bertz CT molecular complexity index is 484. The summed E-state index contributed by atoms with van der Waals surface area (Å²) in [5.74, 6) is -0.221. The van der Waals surface area contributed by atoms with Crippen molar-refractivity contribution in [1.82, 2.24) is 10.2 Å². The molecule has 1 N–H and O–H groups in total. The van der Waals surface area contributed by atoms with Gasteiger partial charge in [0.15, 0.2) is 0 Å². The maximum absolute atomic E-state index is 12.3. The predicted octanol–water partition coefficient (Wildman–Crippen LogP) is 3.22. The molecule has 0 bridgehead atoms. The number of piperidine rings is 1. The molecule has 1 fully saturated rings. The van der Waals surface area contributed by atoms with Crippen molar-refractivity contribution >= 4 is 5.97 Å². The van der Waals surface area contributed by atoms with Gasteiger partial charge in [0, 0.05) is 25.2 Å². The minimum Gasteiger partial charge on any atom is -0.461 e. The van der Waals surface area contributed by atoms with E-state index in [-0.39, 0.29) is 11.9 Å². The van der Waals surface area contributed by atoms with Crippen molar-refractivity contribution in [3.05, 3.63) is 35.9 Å². The van der Waals surface area contributed by atoms with E-state index in [4.69, 9.17) is 4.74 Å². The van der Waals surface area contributed by atoms with E-state index in [0.717, 1.165) is 25.2 Å². The highest BCUT2D eigenvalue weighted by atomic mass is 16.5. The monoisotopic (exact) mass is 332 g/mol. The van der Waals surface area contributed by atoms with Crippen molar-refractivity contribution in [2.75, 3.05) is 19.6 Å². The van der Waals surface area contributed by atoms with Crippen molar-refractivity contribution in [2.45, 2.75) is 58.7 Å². The lowest BCUT2D eigenvalue weighted by Crippen LogP contribution is -2.47. The fourth-order valence-electron chi connectivity index (χ4n) is 3.16. The second kappa shape index (κ2) is 9.80. The topological polar surface area (TPSA) is 41.6 Å². The SMILES string of the molecule is CC(CN(CC1CCCCN1)C(C)C)C(=O)OCc1ccccc1. The van der Waals surface area contributed by atoms with Gasteiger partial charge in [-0.25, -0.2) is 0 Å². The first-order valence-electron chi connectivity index (χ1n) is 9.24. The Hall–Kier alpha value is -1.39. The van der Waals surface area contributed by atoms with Crippen LogP contribution in [-0.4, -0.2) is 42.6 Å². The molecule has 1 aromatic rings. The Morgan fingerprint density at radius 2 is 2.00 bits per heavy atom. The van der Waals surface area contributed by atoms with Crippen LogP contribution in [0.3, 0.4) is 0 Å². The average molecular weight is 332 g/mol. The molecular formula is C20H32N2O2. The van der Waals surface area contributed by atoms with Gasteiger partial charge in [-0.2, -0.15) is 0 Å². The van der Waals surface area contributed by atoms with E-state index in [1.165, 1.54) is 19.3 Å². The molecule has 134 valence electrons. The largest absolute Gasteiger partial charge is 0.461 e. The number of rotatable bonds is 8. The van der Waals surface area contributed by atoms with Crippen LogP contribution in [0.4, 0.5) is 0 Å². The highest BCUT2D eigenvalue weighted by Crippen LogP contribution is 2.13. The summed E-state index contributed by atoms with van der Waals surface area (Å²) >= 11 is 0. The molecule has 1 saturated heterocycles. The maximum Gasteiger partial charge on any atom is 0.310 e. The van der Waals surface area contributed by atoms with Crippen LogP contribution < -0.4 is 5.32 Å². The summed E-state index contributed by atoms with van der Waals surface area (Å²) in [6.07, 6.45) is 3.81. The first kappa shape index (κ1) is 18.9. The lowest BCUT2D eigenvalue weighted by atomic mass is 10.0. The van der Waals surface area contributed by atoms with Crippen molar-refractivity contribution < 1.29 is 9.53 Å². The molecule has 2 unspecified atom stereocenters. The van der Waals surface area contributed by atoms with Gasteiger partial charge < -0.3 is 10.1 Å². The molecule has 24 heavy (non-hydrogen) atoms. The van der Waals surface area contributed by atoms with Gasteiger partial charge in [0.2, 0.25) is 0 Å². The number of benzene rings is 1. The molecule has 0 aromatic heterocycles. The standard InChI is InChI=1S/C20H32N2O2/c1-16(2)22(14-19-11-7-8-12-21-19)13-17(3)20(23)24-15-18-9-5-4-6-10-18/h4-6,9-10,16-17,19,21H,7-8,11-15H2,1-3H3. The third-order valence-corrected chi connectivity index (χ3v) is 4.73. The zero-order valence-electron chi connectivity index (χ0n) is 15.3. The van der Waals surface area contributed by atoms with Crippen LogP contribution >= 0.6 is 0 Å². The summed E-state index contributed by atoms with van der Waals surface area (Å²) in [7, 11) is 0. The fourth-order valence-corrected chi connectivity index (χ4v) is 3.16. The van der Waals surface area contributed by atoms with Crippen LogP contribution in [0.5, 0.6) is 0 Å². The van der Waals surface area contributed by atoms with E-state index >= 15 is 0 Å². The Balaban J connectivity index is 1.80. The number of nitrogens with one attached hydrogen (secondary N) is 1. The number of esters is 1. The van der Waals surface area contributed by atoms with Crippen LogP contribution in [0.15, 0.2) is 30.3 Å². The summed E-state index contributed by atoms with van der Waals surface area (Å²) in [6, 6.07) is 10.8. The van der Waals surface area contributed by atoms with Gasteiger partial charge in [0.05, 0.1) is 5.92 Å². The second-order valence-corrected chi connectivity index (χ2v) is 7.19. The van der Waals surface area contributed by atoms with E-state index in [0.29, 0.717) is 18.7 Å². The van der Waals surface area contributed by atoms with Gasteiger partial charge >= 0.3 is 5.97 Å². The molecule has 0 amide bonds. The molecule has 1 aromatic carbocycles. The van der Waals surface area contributed by atoms with E-state index < -0.39 is 0 Å². The smallest absolute Gasteiger partial charge is 0.310 e. The number of ether oxygens (including phenoxy) is 1. The number of carbonyl (C=O) groups excluding carboxylic acids is 1. The van der Waals surface area contributed by atoms with E-state index in [2.05, 4.69) is 24.1 Å². The summed E-state index contributed by atoms with van der Waals surface area (Å²) in [6.45, 7) is 9.60. The minimum absolute atomic E-state index is 0.110. The van der Waals surface area contributed by atoms with Crippen LogP contribution in [0, 0.1) is 5.92 Å². The van der Waals surface area contributed by atoms with Crippen molar-refractivity contribution in [3.8, 4) is 0 Å². The summed E-state index contributed by atoms with van der Waals surface area (Å²) in [4.78, 5) is 14.7. The lowest BCUT2D eigenvalue weighted by Gasteiger charge is -2.34. The molecule has 4 heteroatoms. The highest BCUT2D eigenvalue weighted by Gasteiger charge is 2.23. The van der Waals surface area contributed by atoms with E-state index in [1.807, 2.05) is 37.3 Å². The molecule has 1 aliphatic heterocycles. The molecule has 0 radical (unpaired) electrons. The van der Waals surface area contributed by atoms with Crippen molar-refractivity contribution in [3.63, 3.8) is 0 Å². The van der Waals surface area contributed by atoms with Crippen LogP contribution in [0.25, 0.3) is 0 Å². The van der Waals surface area contributed by atoms with Gasteiger partial charge in [-0.3, -0.25) is 9.69 Å². The van der Waals surface area contributed by atoms with Gasteiger partial charge in [-0.15, -0.1) is 0 Å². The Kier molecular flexibility index (Phi) is 7.73. The van der Waals surface area contributed by atoms with E-state index in [9.17, 15) is 4.79 Å². The number of hydrogen-bond acceptors (Lipinski definition) is 4. The normalized spacial score (nSPS) is 19.5. The third-order valence-electron chi connectivity index (χ3n) is 4.73. The van der Waals surface area contributed by atoms with Gasteiger partial charge in [-0.05, 0) is 38.8 Å². The Morgan fingerprint density at radius 1 is 1.25 bits per heavy atom. The number of carbonyl (C=O) groups is 1. The first-order valence-corrected chi connectivity index (χ1v) is 9.24. The molecule has 1 aliphatic rings. The number of hydrogen-bond donors (Lipinski definition) is 1.